The molecule has 2 rings (SSSR count). The van der Waals surface area contributed by atoms with Gasteiger partial charge in [-0.1, -0.05) is 63.6 Å². The van der Waals surface area contributed by atoms with Gasteiger partial charge in [-0.25, -0.2) is 9.78 Å². The highest BCUT2D eigenvalue weighted by Crippen LogP contribution is 2.15. The fraction of sp³-hybridized carbons (Fsp3) is 0.481. The first kappa shape index (κ1) is 25.4. The van der Waals surface area contributed by atoms with Gasteiger partial charge in [-0.2, -0.15) is 0 Å². The predicted molar refractivity (Wildman–Crippen MR) is 132 cm³/mol. The van der Waals surface area contributed by atoms with Crippen LogP contribution in [0, 0.1) is 0 Å². The van der Waals surface area contributed by atoms with Crippen LogP contribution in [0.4, 0.5) is 5.82 Å². The minimum atomic E-state index is -0.330. The van der Waals surface area contributed by atoms with Gasteiger partial charge in [0.05, 0.1) is 13.2 Å². The number of anilines is 1. The molecule has 1 aromatic carbocycles. The largest absolute Gasteiger partial charge is 0.492 e. The third-order valence-electron chi connectivity index (χ3n) is 5.21. The minimum absolute atomic E-state index is 0.330. The molecule has 0 saturated carbocycles. The number of carbonyl (C=O) groups is 1. The summed E-state index contributed by atoms with van der Waals surface area (Å²) in [4.78, 5) is 18.3. The Bertz CT molecular complexity index is 775. The van der Waals surface area contributed by atoms with Gasteiger partial charge in [0.15, 0.2) is 0 Å². The van der Waals surface area contributed by atoms with Crippen molar-refractivity contribution in [3.05, 3.63) is 60.3 Å². The van der Waals surface area contributed by atoms with Gasteiger partial charge in [-0.3, -0.25) is 0 Å². The molecule has 32 heavy (non-hydrogen) atoms. The first-order chi connectivity index (χ1) is 15.7. The van der Waals surface area contributed by atoms with E-state index in [9.17, 15) is 4.79 Å². The lowest BCUT2D eigenvalue weighted by Crippen LogP contribution is -2.30. The van der Waals surface area contributed by atoms with E-state index in [1.807, 2.05) is 42.6 Å². The fourth-order valence-electron chi connectivity index (χ4n) is 3.44. The Morgan fingerprint density at radius 1 is 0.938 bits per heavy atom. The molecule has 174 valence electrons. The quantitative estimate of drug-likeness (QED) is 0.175. The SMILES string of the molecule is CCCCCCCCCN(CCOc1ccc(/C=C/C(=O)OCC)cc1)c1ccccn1. The molecular formula is C27H38N2O3. The molecule has 0 saturated heterocycles. The average Bonchev–Trinajstić information content (AvgIpc) is 2.82. The van der Waals surface area contributed by atoms with Crippen LogP contribution in [0.3, 0.4) is 0 Å². The lowest BCUT2D eigenvalue weighted by molar-refractivity contribution is -0.137. The summed E-state index contributed by atoms with van der Waals surface area (Å²) in [5, 5.41) is 0. The summed E-state index contributed by atoms with van der Waals surface area (Å²) in [5.74, 6) is 1.49. The second-order valence-electron chi connectivity index (χ2n) is 7.80. The Labute approximate surface area is 193 Å². The van der Waals surface area contributed by atoms with E-state index in [4.69, 9.17) is 9.47 Å². The highest BCUT2D eigenvalue weighted by molar-refractivity contribution is 5.87. The molecule has 2 aromatic rings. The van der Waals surface area contributed by atoms with E-state index in [0.717, 1.165) is 30.2 Å². The summed E-state index contributed by atoms with van der Waals surface area (Å²) < 4.78 is 10.9. The van der Waals surface area contributed by atoms with E-state index in [2.05, 4.69) is 22.9 Å². The zero-order chi connectivity index (χ0) is 22.9. The number of ether oxygens (including phenoxy) is 2. The van der Waals surface area contributed by atoms with Gasteiger partial charge >= 0.3 is 5.97 Å². The maximum Gasteiger partial charge on any atom is 0.330 e. The van der Waals surface area contributed by atoms with Gasteiger partial charge in [0.2, 0.25) is 0 Å². The van der Waals surface area contributed by atoms with Crippen LogP contribution in [0.5, 0.6) is 5.75 Å². The van der Waals surface area contributed by atoms with E-state index < -0.39 is 0 Å². The maximum absolute atomic E-state index is 11.4. The van der Waals surface area contributed by atoms with Crippen LogP contribution in [0.1, 0.15) is 64.4 Å². The number of unbranched alkanes of at least 4 members (excludes halogenated alkanes) is 6. The van der Waals surface area contributed by atoms with Crippen molar-refractivity contribution in [3.8, 4) is 5.75 Å². The van der Waals surface area contributed by atoms with Gasteiger partial charge in [-0.15, -0.1) is 0 Å². The summed E-state index contributed by atoms with van der Waals surface area (Å²) in [7, 11) is 0. The van der Waals surface area contributed by atoms with Gasteiger partial charge in [0.25, 0.3) is 0 Å². The first-order valence-electron chi connectivity index (χ1n) is 12.0. The average molecular weight is 439 g/mol. The number of pyridine rings is 1. The lowest BCUT2D eigenvalue weighted by Gasteiger charge is -2.23. The number of aromatic nitrogens is 1. The van der Waals surface area contributed by atoms with Crippen molar-refractivity contribution < 1.29 is 14.3 Å². The molecule has 0 spiro atoms. The summed E-state index contributed by atoms with van der Waals surface area (Å²) in [6, 6.07) is 13.7. The number of nitrogens with zero attached hydrogens (tertiary/aromatic N) is 2. The minimum Gasteiger partial charge on any atom is -0.492 e. The Morgan fingerprint density at radius 3 is 2.38 bits per heavy atom. The molecular weight excluding hydrogens is 400 g/mol. The molecule has 0 unspecified atom stereocenters. The van der Waals surface area contributed by atoms with E-state index in [0.29, 0.717) is 13.2 Å². The van der Waals surface area contributed by atoms with E-state index in [-0.39, 0.29) is 5.97 Å². The first-order valence-corrected chi connectivity index (χ1v) is 12.0. The van der Waals surface area contributed by atoms with Gasteiger partial charge in [0, 0.05) is 18.8 Å². The summed E-state index contributed by atoms with van der Waals surface area (Å²) >= 11 is 0. The van der Waals surface area contributed by atoms with Crippen LogP contribution in [0.15, 0.2) is 54.7 Å². The molecule has 0 aliphatic carbocycles. The van der Waals surface area contributed by atoms with E-state index >= 15 is 0 Å². The molecule has 1 heterocycles. The van der Waals surface area contributed by atoms with Gasteiger partial charge in [-0.05, 0) is 49.2 Å². The standard InChI is InChI=1S/C27H38N2O3/c1-3-5-6-7-8-9-12-21-29(26-13-10-11-20-28-26)22-23-32-25-17-14-24(15-18-25)16-19-27(30)31-4-2/h10-11,13-20H,3-9,12,21-23H2,1-2H3/b19-16+. The van der Waals surface area contributed by atoms with Crippen LogP contribution in [-0.2, 0) is 9.53 Å². The van der Waals surface area contributed by atoms with E-state index in [1.165, 1.54) is 51.0 Å². The second-order valence-corrected chi connectivity index (χ2v) is 7.80. The lowest BCUT2D eigenvalue weighted by atomic mass is 10.1. The molecule has 1 aromatic heterocycles. The number of carbonyl (C=O) groups excluding carboxylic acids is 1. The van der Waals surface area contributed by atoms with Crippen LogP contribution < -0.4 is 9.64 Å². The molecule has 5 nitrogen and oxygen atoms in total. The Morgan fingerprint density at radius 2 is 1.69 bits per heavy atom. The Hall–Kier alpha value is -2.82. The molecule has 0 aliphatic rings. The van der Waals surface area contributed by atoms with Crippen molar-refractivity contribution in [2.75, 3.05) is 31.2 Å². The maximum atomic E-state index is 11.4. The van der Waals surface area contributed by atoms with Crippen molar-refractivity contribution in [1.82, 2.24) is 4.98 Å². The predicted octanol–water partition coefficient (Wildman–Crippen LogP) is 6.29. The molecule has 0 N–H and O–H groups in total. The Balaban J connectivity index is 1.78. The van der Waals surface area contributed by atoms with E-state index in [1.54, 1.807) is 13.0 Å². The van der Waals surface area contributed by atoms with Crippen molar-refractivity contribution in [1.29, 1.82) is 0 Å². The third-order valence-corrected chi connectivity index (χ3v) is 5.21. The summed E-state index contributed by atoms with van der Waals surface area (Å²) in [6.45, 7) is 6.80. The van der Waals surface area contributed by atoms with Crippen LogP contribution in [0.2, 0.25) is 0 Å². The third kappa shape index (κ3) is 10.5. The number of rotatable bonds is 16. The highest BCUT2D eigenvalue weighted by Gasteiger charge is 2.08. The second kappa shape index (κ2) is 15.9. The van der Waals surface area contributed by atoms with Crippen molar-refractivity contribution >= 4 is 17.9 Å². The number of hydrogen-bond acceptors (Lipinski definition) is 5. The normalized spacial score (nSPS) is 10.9. The number of esters is 1. The zero-order valence-corrected chi connectivity index (χ0v) is 19.7. The van der Waals surface area contributed by atoms with Gasteiger partial charge < -0.3 is 14.4 Å². The highest BCUT2D eigenvalue weighted by atomic mass is 16.5. The molecule has 0 atom stereocenters. The fourth-order valence-corrected chi connectivity index (χ4v) is 3.44. The molecule has 0 bridgehead atoms. The van der Waals surface area contributed by atoms with Crippen molar-refractivity contribution in [3.63, 3.8) is 0 Å². The molecule has 0 amide bonds. The van der Waals surface area contributed by atoms with Gasteiger partial charge in [0.1, 0.15) is 18.2 Å². The van der Waals surface area contributed by atoms with Crippen molar-refractivity contribution in [2.24, 2.45) is 0 Å². The molecule has 5 heteroatoms. The summed E-state index contributed by atoms with van der Waals surface area (Å²) in [5.41, 5.74) is 0.930. The molecule has 0 aliphatic heterocycles. The smallest absolute Gasteiger partial charge is 0.330 e. The Kier molecular flexibility index (Phi) is 12.6. The monoisotopic (exact) mass is 438 g/mol. The van der Waals surface area contributed by atoms with Crippen LogP contribution in [-0.4, -0.2) is 37.3 Å². The van der Waals surface area contributed by atoms with Crippen molar-refractivity contribution in [2.45, 2.75) is 58.8 Å². The number of hydrogen-bond donors (Lipinski definition) is 0. The number of benzene rings is 1. The van der Waals surface area contributed by atoms with Crippen LogP contribution in [0.25, 0.3) is 6.08 Å². The zero-order valence-electron chi connectivity index (χ0n) is 19.7. The summed E-state index contributed by atoms with van der Waals surface area (Å²) in [6.07, 6.45) is 14.1. The van der Waals surface area contributed by atoms with Crippen LogP contribution >= 0.6 is 0 Å². The molecule has 0 radical (unpaired) electrons. The topological polar surface area (TPSA) is 51.7 Å². The molecule has 0 fully saturated rings.